The molecule has 102 valence electrons. The van der Waals surface area contributed by atoms with Crippen LogP contribution in [0.4, 0.5) is 0 Å². The smallest absolute Gasteiger partial charge is 0.0139 e. The third-order valence-corrected chi connectivity index (χ3v) is 5.28. The molecular weight excluding hydrogens is 244 g/mol. The van der Waals surface area contributed by atoms with E-state index < -0.39 is 0 Å². The van der Waals surface area contributed by atoms with E-state index in [4.69, 9.17) is 11.5 Å². The van der Waals surface area contributed by atoms with Gasteiger partial charge in [-0.15, -0.1) is 0 Å². The molecule has 0 heterocycles. The predicted octanol–water partition coefficient (Wildman–Crippen LogP) is 2.43. The number of hydrogen-bond donors (Lipinski definition) is 2. The lowest BCUT2D eigenvalue weighted by atomic mass is 9.54. The molecule has 0 amide bonds. The molecule has 4 N–H and O–H groups in total. The van der Waals surface area contributed by atoms with Crippen LogP contribution in [0.5, 0.6) is 0 Å². The monoisotopic (exact) mass is 264 g/mol. The molecule has 0 radical (unpaired) electrons. The average Bonchev–Trinajstić information content (AvgIpc) is 2.53. The summed E-state index contributed by atoms with van der Waals surface area (Å²) in [6, 6.07) is 17.7. The lowest BCUT2D eigenvalue weighted by Gasteiger charge is -2.50. The first kappa shape index (κ1) is 12.1. The summed E-state index contributed by atoms with van der Waals surface area (Å²) < 4.78 is 0. The molecule has 2 atom stereocenters. The van der Waals surface area contributed by atoms with E-state index in [0.717, 1.165) is 0 Å². The van der Waals surface area contributed by atoms with Crippen molar-refractivity contribution >= 4 is 0 Å². The van der Waals surface area contributed by atoms with Crippen LogP contribution in [0, 0.1) is 11.8 Å². The van der Waals surface area contributed by atoms with Crippen molar-refractivity contribution < 1.29 is 0 Å². The van der Waals surface area contributed by atoms with Crippen LogP contribution >= 0.6 is 0 Å². The van der Waals surface area contributed by atoms with E-state index >= 15 is 0 Å². The van der Waals surface area contributed by atoms with Gasteiger partial charge in [-0.05, 0) is 47.2 Å². The Balaban J connectivity index is 2.01. The lowest BCUT2D eigenvalue weighted by Crippen LogP contribution is -2.46. The average molecular weight is 264 g/mol. The van der Waals surface area contributed by atoms with Gasteiger partial charge in [0.15, 0.2) is 0 Å². The van der Waals surface area contributed by atoms with Crippen molar-refractivity contribution in [2.45, 2.75) is 11.8 Å². The van der Waals surface area contributed by atoms with Gasteiger partial charge in [0.05, 0.1) is 0 Å². The number of fused-ring (bicyclic) bond motifs is 1. The largest absolute Gasteiger partial charge is 0.330 e. The second-order valence-corrected chi connectivity index (χ2v) is 6.01. The Morgan fingerprint density at radius 2 is 0.900 bits per heavy atom. The summed E-state index contributed by atoms with van der Waals surface area (Å²) in [6.45, 7) is 1.43. The summed E-state index contributed by atoms with van der Waals surface area (Å²) in [5.74, 6) is 1.78. The summed E-state index contributed by atoms with van der Waals surface area (Å²) in [7, 11) is 0. The van der Waals surface area contributed by atoms with Crippen molar-refractivity contribution in [2.24, 2.45) is 23.3 Å². The van der Waals surface area contributed by atoms with Gasteiger partial charge < -0.3 is 11.5 Å². The van der Waals surface area contributed by atoms with E-state index in [2.05, 4.69) is 48.5 Å². The zero-order chi connectivity index (χ0) is 13.7. The zero-order valence-corrected chi connectivity index (χ0v) is 11.5. The second-order valence-electron chi connectivity index (χ2n) is 6.01. The van der Waals surface area contributed by atoms with Gasteiger partial charge in [-0.1, -0.05) is 48.5 Å². The zero-order valence-electron chi connectivity index (χ0n) is 11.5. The Morgan fingerprint density at radius 1 is 0.600 bits per heavy atom. The predicted molar refractivity (Wildman–Crippen MR) is 81.7 cm³/mol. The van der Waals surface area contributed by atoms with Crippen molar-refractivity contribution in [3.8, 4) is 0 Å². The Hall–Kier alpha value is -1.64. The molecule has 2 heteroatoms. The Kier molecular flexibility index (Phi) is 2.69. The third-order valence-electron chi connectivity index (χ3n) is 5.28. The molecular formula is C18H20N2. The molecule has 3 aliphatic carbocycles. The van der Waals surface area contributed by atoms with Crippen molar-refractivity contribution in [3.05, 3.63) is 70.8 Å². The minimum Gasteiger partial charge on any atom is -0.330 e. The standard InChI is InChI=1S/C18H20N2/c19-9-15-16(10-20)18-12-6-2-1-5-11(12)17(15)13-7-3-4-8-14(13)18/h1-8,15-18H,9-10,19-20H2/t15-,16-,17?,18?/m1/s1. The maximum absolute atomic E-state index is 6.11. The molecule has 2 nitrogen and oxygen atoms in total. The van der Waals surface area contributed by atoms with Crippen LogP contribution in [0.2, 0.25) is 0 Å². The first-order chi connectivity index (χ1) is 9.86. The van der Waals surface area contributed by atoms with Crippen molar-refractivity contribution in [1.29, 1.82) is 0 Å². The number of nitrogens with two attached hydrogens (primary N) is 2. The molecule has 0 unspecified atom stereocenters. The fourth-order valence-corrected chi connectivity index (χ4v) is 4.53. The Labute approximate surface area is 119 Å². The number of rotatable bonds is 2. The van der Waals surface area contributed by atoms with Gasteiger partial charge in [0.2, 0.25) is 0 Å². The van der Waals surface area contributed by atoms with E-state index in [1.54, 1.807) is 0 Å². The van der Waals surface area contributed by atoms with Gasteiger partial charge in [-0.3, -0.25) is 0 Å². The molecule has 20 heavy (non-hydrogen) atoms. The fourth-order valence-electron chi connectivity index (χ4n) is 4.53. The maximum Gasteiger partial charge on any atom is 0.0139 e. The van der Waals surface area contributed by atoms with Gasteiger partial charge in [0.25, 0.3) is 0 Å². The van der Waals surface area contributed by atoms with Crippen LogP contribution < -0.4 is 11.5 Å². The van der Waals surface area contributed by atoms with Crippen LogP contribution in [0.25, 0.3) is 0 Å². The first-order valence-electron chi connectivity index (χ1n) is 7.44. The van der Waals surface area contributed by atoms with E-state index in [1.807, 2.05) is 0 Å². The molecule has 3 aliphatic rings. The van der Waals surface area contributed by atoms with E-state index in [0.29, 0.717) is 36.8 Å². The van der Waals surface area contributed by atoms with Crippen LogP contribution in [-0.2, 0) is 0 Å². The molecule has 0 saturated carbocycles. The highest BCUT2D eigenvalue weighted by Crippen LogP contribution is 2.57. The highest BCUT2D eigenvalue weighted by Gasteiger charge is 2.48. The van der Waals surface area contributed by atoms with Crippen LogP contribution in [-0.4, -0.2) is 13.1 Å². The Bertz CT molecular complexity index is 546. The molecule has 0 aliphatic heterocycles. The summed E-state index contributed by atoms with van der Waals surface area (Å²) in [6.07, 6.45) is 0. The summed E-state index contributed by atoms with van der Waals surface area (Å²) in [5, 5.41) is 0. The second kappa shape index (κ2) is 4.44. The van der Waals surface area contributed by atoms with Crippen LogP contribution in [0.1, 0.15) is 34.1 Å². The fraction of sp³-hybridized carbons (Fsp3) is 0.333. The van der Waals surface area contributed by atoms with Crippen LogP contribution in [0.15, 0.2) is 48.5 Å². The SMILES string of the molecule is NC[C@H]1C2c3ccccc3C(c3ccccc32)[C@@H]1CN. The maximum atomic E-state index is 6.11. The quantitative estimate of drug-likeness (QED) is 0.875. The normalized spacial score (nSPS) is 29.9. The summed E-state index contributed by atoms with van der Waals surface area (Å²) in [5.41, 5.74) is 18.1. The van der Waals surface area contributed by atoms with Gasteiger partial charge >= 0.3 is 0 Å². The van der Waals surface area contributed by atoms with Gasteiger partial charge in [-0.25, -0.2) is 0 Å². The minimum absolute atomic E-state index is 0.422. The summed E-state index contributed by atoms with van der Waals surface area (Å²) >= 11 is 0. The van der Waals surface area contributed by atoms with Crippen LogP contribution in [0.3, 0.4) is 0 Å². The van der Waals surface area contributed by atoms with Gasteiger partial charge in [0.1, 0.15) is 0 Å². The molecule has 2 bridgehead atoms. The molecule has 0 fully saturated rings. The highest BCUT2D eigenvalue weighted by molar-refractivity contribution is 5.56. The lowest BCUT2D eigenvalue weighted by molar-refractivity contribution is 0.243. The highest BCUT2D eigenvalue weighted by atomic mass is 14.7. The molecule has 0 saturated heterocycles. The van der Waals surface area contributed by atoms with Gasteiger partial charge in [-0.2, -0.15) is 0 Å². The molecule has 5 rings (SSSR count). The molecule has 2 aromatic carbocycles. The summed E-state index contributed by atoms with van der Waals surface area (Å²) in [4.78, 5) is 0. The van der Waals surface area contributed by atoms with E-state index in [-0.39, 0.29) is 0 Å². The molecule has 0 spiro atoms. The number of benzene rings is 2. The third kappa shape index (κ3) is 1.41. The topological polar surface area (TPSA) is 52.0 Å². The van der Waals surface area contributed by atoms with E-state index in [1.165, 1.54) is 22.3 Å². The molecule has 0 aromatic heterocycles. The van der Waals surface area contributed by atoms with E-state index in [9.17, 15) is 0 Å². The van der Waals surface area contributed by atoms with Crippen molar-refractivity contribution in [3.63, 3.8) is 0 Å². The number of hydrogen-bond acceptors (Lipinski definition) is 2. The first-order valence-corrected chi connectivity index (χ1v) is 7.44. The Morgan fingerprint density at radius 3 is 1.15 bits per heavy atom. The minimum atomic E-state index is 0.422. The van der Waals surface area contributed by atoms with Crippen molar-refractivity contribution in [1.82, 2.24) is 0 Å². The molecule has 2 aromatic rings. The van der Waals surface area contributed by atoms with Crippen molar-refractivity contribution in [2.75, 3.05) is 13.1 Å². The van der Waals surface area contributed by atoms with Gasteiger partial charge in [0, 0.05) is 11.8 Å².